The van der Waals surface area contributed by atoms with Crippen LogP contribution in [0.4, 0.5) is 10.5 Å². The number of fused-ring (bicyclic) bond motifs is 1. The SMILES string of the molecule is Cn1nc2c(=O)n(CC3(O)CCN(Cc4ccc(N5CCCC5)cc4Cl)CC3)cnc2c1-c1ccc(CNC(=O)OC(C)(C)C)cc1. The first-order valence-electron chi connectivity index (χ1n) is 16.3. The highest BCUT2D eigenvalue weighted by Gasteiger charge is 2.34. The number of nitrogens with one attached hydrogen (secondary N) is 1. The number of hydrogen-bond donors (Lipinski definition) is 2. The second-order valence-electron chi connectivity index (χ2n) is 13.9. The van der Waals surface area contributed by atoms with Gasteiger partial charge >= 0.3 is 6.09 Å². The van der Waals surface area contributed by atoms with Gasteiger partial charge in [0.15, 0.2) is 5.52 Å². The van der Waals surface area contributed by atoms with Crippen LogP contribution in [-0.2, 0) is 31.4 Å². The average Bonchev–Trinajstić information content (AvgIpc) is 3.68. The summed E-state index contributed by atoms with van der Waals surface area (Å²) in [5, 5.41) is 19.6. The molecule has 0 radical (unpaired) electrons. The number of likely N-dealkylation sites (tertiary alicyclic amines) is 1. The number of carbonyl (C=O) groups is 1. The van der Waals surface area contributed by atoms with Crippen molar-refractivity contribution in [1.82, 2.24) is 29.5 Å². The smallest absolute Gasteiger partial charge is 0.407 e. The molecule has 12 heteroatoms. The van der Waals surface area contributed by atoms with Crippen molar-refractivity contribution >= 4 is 34.4 Å². The van der Waals surface area contributed by atoms with Crippen LogP contribution in [0.25, 0.3) is 22.3 Å². The van der Waals surface area contributed by atoms with Crippen LogP contribution in [0, 0.1) is 0 Å². The molecular formula is C35H44ClN7O4. The van der Waals surface area contributed by atoms with E-state index in [-0.39, 0.29) is 17.6 Å². The number of aromatic nitrogens is 4. The van der Waals surface area contributed by atoms with Crippen molar-refractivity contribution < 1.29 is 14.6 Å². The molecule has 47 heavy (non-hydrogen) atoms. The molecular weight excluding hydrogens is 618 g/mol. The van der Waals surface area contributed by atoms with E-state index < -0.39 is 17.3 Å². The van der Waals surface area contributed by atoms with Gasteiger partial charge in [-0.25, -0.2) is 9.78 Å². The number of piperidine rings is 1. The van der Waals surface area contributed by atoms with Crippen LogP contribution in [0.2, 0.25) is 5.02 Å². The summed E-state index contributed by atoms with van der Waals surface area (Å²) in [6.45, 7) is 10.2. The zero-order chi connectivity index (χ0) is 33.3. The van der Waals surface area contributed by atoms with Gasteiger partial charge in [0.2, 0.25) is 0 Å². The Kier molecular flexibility index (Phi) is 9.33. The molecule has 0 unspecified atom stereocenters. The van der Waals surface area contributed by atoms with Crippen LogP contribution < -0.4 is 15.8 Å². The molecule has 0 bridgehead atoms. The van der Waals surface area contributed by atoms with Crippen molar-refractivity contribution in [2.45, 2.75) is 77.3 Å². The van der Waals surface area contributed by atoms with E-state index in [0.29, 0.717) is 38.0 Å². The van der Waals surface area contributed by atoms with Crippen molar-refractivity contribution in [1.29, 1.82) is 0 Å². The standard InChI is InChI=1S/C35H44ClN7O4/c1-34(2,3)47-33(45)37-20-24-7-9-25(10-8-24)31-29-30(39-40(31)4)32(44)43(23-38-29)22-35(46)13-17-41(18-14-35)21-26-11-12-27(19-28(26)36)42-15-5-6-16-42/h7-12,19,23,46H,5-6,13-18,20-22H2,1-4H3,(H,37,45). The zero-order valence-electron chi connectivity index (χ0n) is 27.6. The van der Waals surface area contributed by atoms with Crippen molar-refractivity contribution in [2.24, 2.45) is 7.05 Å². The zero-order valence-corrected chi connectivity index (χ0v) is 28.4. The summed E-state index contributed by atoms with van der Waals surface area (Å²) in [7, 11) is 1.79. The van der Waals surface area contributed by atoms with Crippen molar-refractivity contribution in [3.05, 3.63) is 75.3 Å². The number of ether oxygens (including phenoxy) is 1. The van der Waals surface area contributed by atoms with Gasteiger partial charge < -0.3 is 20.1 Å². The number of halogens is 1. The Morgan fingerprint density at radius 1 is 1.04 bits per heavy atom. The normalized spacial score (nSPS) is 16.9. The lowest BCUT2D eigenvalue weighted by Gasteiger charge is -2.38. The van der Waals surface area contributed by atoms with E-state index in [0.717, 1.165) is 47.0 Å². The van der Waals surface area contributed by atoms with E-state index in [1.165, 1.54) is 29.4 Å². The Bertz CT molecular complexity index is 1800. The lowest BCUT2D eigenvalue weighted by atomic mass is 9.91. The molecule has 2 aromatic heterocycles. The average molecular weight is 662 g/mol. The van der Waals surface area contributed by atoms with Crippen LogP contribution in [-0.4, -0.2) is 72.8 Å². The number of hydrogen-bond acceptors (Lipinski definition) is 8. The summed E-state index contributed by atoms with van der Waals surface area (Å²) in [5.74, 6) is 0. The van der Waals surface area contributed by atoms with Gasteiger partial charge in [-0.15, -0.1) is 0 Å². The summed E-state index contributed by atoms with van der Waals surface area (Å²) in [6.07, 6.45) is 4.55. The van der Waals surface area contributed by atoms with E-state index in [9.17, 15) is 14.7 Å². The largest absolute Gasteiger partial charge is 0.444 e. The number of rotatable bonds is 8. The molecule has 2 aliphatic heterocycles. The molecule has 2 aromatic carbocycles. The molecule has 1 amide bonds. The first-order valence-corrected chi connectivity index (χ1v) is 16.7. The van der Waals surface area contributed by atoms with Gasteiger partial charge in [-0.2, -0.15) is 5.10 Å². The van der Waals surface area contributed by atoms with E-state index >= 15 is 0 Å². The molecule has 6 rings (SSSR count). The van der Waals surface area contributed by atoms with Gasteiger partial charge in [-0.05, 0) is 69.7 Å². The molecule has 0 spiro atoms. The van der Waals surface area contributed by atoms with E-state index in [1.54, 1.807) is 11.7 Å². The Hall–Kier alpha value is -3.93. The molecule has 0 atom stereocenters. The van der Waals surface area contributed by atoms with Gasteiger partial charge in [0.05, 0.1) is 24.2 Å². The predicted molar refractivity (Wildman–Crippen MR) is 184 cm³/mol. The number of nitrogens with zero attached hydrogens (tertiary/aromatic N) is 6. The third-order valence-electron chi connectivity index (χ3n) is 9.03. The number of aryl methyl sites for hydroxylation is 1. The molecule has 2 saturated heterocycles. The molecule has 11 nitrogen and oxygen atoms in total. The maximum Gasteiger partial charge on any atom is 0.407 e. The molecule has 4 heterocycles. The fraction of sp³-hybridized carbons (Fsp3) is 0.486. The van der Waals surface area contributed by atoms with Crippen LogP contribution in [0.1, 0.15) is 57.6 Å². The molecule has 0 saturated carbocycles. The van der Waals surface area contributed by atoms with Gasteiger partial charge in [-0.3, -0.25) is 18.9 Å². The monoisotopic (exact) mass is 661 g/mol. The van der Waals surface area contributed by atoms with E-state index in [4.69, 9.17) is 16.3 Å². The van der Waals surface area contributed by atoms with Crippen LogP contribution in [0.3, 0.4) is 0 Å². The van der Waals surface area contributed by atoms with Crippen molar-refractivity contribution in [2.75, 3.05) is 31.1 Å². The fourth-order valence-electron chi connectivity index (χ4n) is 6.48. The molecule has 0 aliphatic carbocycles. The lowest BCUT2D eigenvalue weighted by Crippen LogP contribution is -2.47. The second-order valence-corrected chi connectivity index (χ2v) is 14.3. The second kappa shape index (κ2) is 13.3. The van der Waals surface area contributed by atoms with Crippen molar-refractivity contribution in [3.8, 4) is 11.3 Å². The summed E-state index contributed by atoms with van der Waals surface area (Å²) < 4.78 is 8.44. The van der Waals surface area contributed by atoms with Gasteiger partial charge in [-0.1, -0.05) is 41.9 Å². The maximum atomic E-state index is 13.6. The number of alkyl carbamates (subject to hydrolysis) is 1. The summed E-state index contributed by atoms with van der Waals surface area (Å²) in [5.41, 5.74) is 3.62. The quantitative estimate of drug-likeness (QED) is 0.268. The first kappa shape index (κ1) is 33.0. The number of anilines is 1. The van der Waals surface area contributed by atoms with Crippen LogP contribution in [0.5, 0.6) is 0 Å². The molecule has 2 aliphatic rings. The summed E-state index contributed by atoms with van der Waals surface area (Å²) >= 11 is 6.68. The van der Waals surface area contributed by atoms with Crippen LogP contribution >= 0.6 is 11.6 Å². The number of amides is 1. The third-order valence-corrected chi connectivity index (χ3v) is 9.38. The Labute approximate surface area is 280 Å². The fourth-order valence-corrected chi connectivity index (χ4v) is 6.71. The highest BCUT2D eigenvalue weighted by Crippen LogP contribution is 2.30. The number of benzene rings is 2. The van der Waals surface area contributed by atoms with Crippen molar-refractivity contribution in [3.63, 3.8) is 0 Å². The van der Waals surface area contributed by atoms with Gasteiger partial charge in [0.25, 0.3) is 5.56 Å². The summed E-state index contributed by atoms with van der Waals surface area (Å²) in [6, 6.07) is 14.0. The van der Waals surface area contributed by atoms with Gasteiger partial charge in [0, 0.05) is 62.6 Å². The molecule has 2 N–H and O–H groups in total. The lowest BCUT2D eigenvalue weighted by molar-refractivity contribution is -0.0364. The number of carbonyl (C=O) groups excluding carboxylic acids is 1. The minimum Gasteiger partial charge on any atom is -0.444 e. The topological polar surface area (TPSA) is 118 Å². The Balaban J connectivity index is 1.09. The minimum atomic E-state index is -1.03. The van der Waals surface area contributed by atoms with E-state index in [1.807, 2.05) is 45.0 Å². The molecule has 2 fully saturated rings. The predicted octanol–water partition coefficient (Wildman–Crippen LogP) is 5.10. The highest BCUT2D eigenvalue weighted by atomic mass is 35.5. The third kappa shape index (κ3) is 7.63. The van der Waals surface area contributed by atoms with E-state index in [2.05, 4.69) is 43.4 Å². The first-order chi connectivity index (χ1) is 22.4. The molecule has 250 valence electrons. The Morgan fingerprint density at radius 2 is 1.74 bits per heavy atom. The van der Waals surface area contributed by atoms with Crippen LogP contribution in [0.15, 0.2) is 53.6 Å². The highest BCUT2D eigenvalue weighted by molar-refractivity contribution is 6.31. The molecule has 4 aromatic rings. The minimum absolute atomic E-state index is 0.152. The maximum absolute atomic E-state index is 13.6. The number of aliphatic hydroxyl groups is 1. The summed E-state index contributed by atoms with van der Waals surface area (Å²) in [4.78, 5) is 34.9. The van der Waals surface area contributed by atoms with Gasteiger partial charge in [0.1, 0.15) is 11.1 Å². The Morgan fingerprint density at radius 3 is 2.40 bits per heavy atom.